The summed E-state index contributed by atoms with van der Waals surface area (Å²) in [5, 5.41) is 2.92. The first-order valence-electron chi connectivity index (χ1n) is 6.52. The van der Waals surface area contributed by atoms with Gasteiger partial charge in [0.05, 0.1) is 7.11 Å². The van der Waals surface area contributed by atoms with Gasteiger partial charge in [-0.3, -0.25) is 4.79 Å². The van der Waals surface area contributed by atoms with Gasteiger partial charge in [0, 0.05) is 12.5 Å². The Bertz CT molecular complexity index is 399. The van der Waals surface area contributed by atoms with Crippen LogP contribution in [0.15, 0.2) is 18.2 Å². The number of hydrogen-bond acceptors (Lipinski definition) is 2. The molecule has 3 heteroatoms. The van der Waals surface area contributed by atoms with E-state index in [9.17, 15) is 4.79 Å². The van der Waals surface area contributed by atoms with Crippen LogP contribution in [0.3, 0.4) is 0 Å². The zero-order valence-corrected chi connectivity index (χ0v) is 11.7. The Hall–Kier alpha value is -1.51. The van der Waals surface area contributed by atoms with E-state index < -0.39 is 0 Å². The number of hydrogen-bond donors (Lipinski definition) is 1. The van der Waals surface area contributed by atoms with Crippen LogP contribution >= 0.6 is 0 Å². The second-order valence-electron chi connectivity index (χ2n) is 4.70. The summed E-state index contributed by atoms with van der Waals surface area (Å²) >= 11 is 0. The lowest BCUT2D eigenvalue weighted by atomic mass is 10.0. The fourth-order valence-electron chi connectivity index (χ4n) is 1.77. The molecule has 0 aliphatic rings. The highest BCUT2D eigenvalue weighted by molar-refractivity contribution is 5.77. The smallest absolute Gasteiger partial charge is 0.222 e. The van der Waals surface area contributed by atoms with Crippen LogP contribution in [0.5, 0.6) is 5.75 Å². The molecule has 1 aromatic carbocycles. The number of carbonyl (C=O) groups excluding carboxylic acids is 1. The van der Waals surface area contributed by atoms with E-state index in [-0.39, 0.29) is 11.8 Å². The molecule has 3 nitrogen and oxygen atoms in total. The largest absolute Gasteiger partial charge is 0.496 e. The quantitative estimate of drug-likeness (QED) is 0.841. The van der Waals surface area contributed by atoms with Crippen LogP contribution in [0.4, 0.5) is 0 Å². The number of ether oxygens (including phenoxy) is 1. The Morgan fingerprint density at radius 2 is 2.11 bits per heavy atom. The molecule has 0 aliphatic carbocycles. The first-order valence-corrected chi connectivity index (χ1v) is 6.52. The van der Waals surface area contributed by atoms with Gasteiger partial charge in [-0.25, -0.2) is 0 Å². The molecule has 0 heterocycles. The molecule has 0 radical (unpaired) electrons. The lowest BCUT2D eigenvalue weighted by Gasteiger charge is -2.12. The minimum atomic E-state index is 0.0360. The number of methoxy groups -OCH3 is 1. The van der Waals surface area contributed by atoms with E-state index in [0.717, 1.165) is 24.2 Å². The average Bonchev–Trinajstić information content (AvgIpc) is 2.38. The maximum Gasteiger partial charge on any atom is 0.222 e. The van der Waals surface area contributed by atoms with Crippen LogP contribution in [0.25, 0.3) is 0 Å². The van der Waals surface area contributed by atoms with Crippen LogP contribution < -0.4 is 10.1 Å². The van der Waals surface area contributed by atoms with Crippen molar-refractivity contribution in [3.63, 3.8) is 0 Å². The van der Waals surface area contributed by atoms with Gasteiger partial charge in [-0.1, -0.05) is 32.9 Å². The van der Waals surface area contributed by atoms with Gasteiger partial charge in [0.25, 0.3) is 0 Å². The van der Waals surface area contributed by atoms with E-state index in [4.69, 9.17) is 4.74 Å². The van der Waals surface area contributed by atoms with E-state index in [1.807, 2.05) is 19.9 Å². The lowest BCUT2D eigenvalue weighted by Crippen LogP contribution is -2.29. The fourth-order valence-corrected chi connectivity index (χ4v) is 1.77. The number of nitrogens with one attached hydrogen (secondary N) is 1. The number of rotatable bonds is 6. The summed E-state index contributed by atoms with van der Waals surface area (Å²) < 4.78 is 5.34. The molecular formula is C15H23NO2. The van der Waals surface area contributed by atoms with Gasteiger partial charge in [0.2, 0.25) is 5.91 Å². The molecule has 0 aliphatic heterocycles. The SMILES string of the molecule is CCc1ccc(OC)c(CCNC(=O)C(C)C)c1. The summed E-state index contributed by atoms with van der Waals surface area (Å²) in [6, 6.07) is 6.23. The van der Waals surface area contributed by atoms with Crippen molar-refractivity contribution < 1.29 is 9.53 Å². The van der Waals surface area contributed by atoms with Gasteiger partial charge in [-0.2, -0.15) is 0 Å². The minimum Gasteiger partial charge on any atom is -0.496 e. The van der Waals surface area contributed by atoms with Gasteiger partial charge in [0.1, 0.15) is 5.75 Å². The van der Waals surface area contributed by atoms with Crippen LogP contribution in [0.1, 0.15) is 31.9 Å². The van der Waals surface area contributed by atoms with Crippen molar-refractivity contribution in [3.05, 3.63) is 29.3 Å². The molecule has 18 heavy (non-hydrogen) atoms. The minimum absolute atomic E-state index is 0.0360. The third-order valence-electron chi connectivity index (χ3n) is 2.97. The molecule has 0 spiro atoms. The first-order chi connectivity index (χ1) is 8.58. The van der Waals surface area contributed by atoms with Crippen molar-refractivity contribution in [1.29, 1.82) is 0 Å². The molecule has 0 bridgehead atoms. The summed E-state index contributed by atoms with van der Waals surface area (Å²) in [5.41, 5.74) is 2.45. The zero-order valence-electron chi connectivity index (χ0n) is 11.7. The predicted molar refractivity (Wildman–Crippen MR) is 73.9 cm³/mol. The van der Waals surface area contributed by atoms with Crippen molar-refractivity contribution >= 4 is 5.91 Å². The number of aryl methyl sites for hydroxylation is 1. The zero-order chi connectivity index (χ0) is 13.5. The molecule has 0 saturated carbocycles. The first kappa shape index (κ1) is 14.6. The molecule has 0 saturated heterocycles. The Morgan fingerprint density at radius 3 is 2.67 bits per heavy atom. The molecule has 1 aromatic rings. The lowest BCUT2D eigenvalue weighted by molar-refractivity contribution is -0.123. The van der Waals surface area contributed by atoms with Gasteiger partial charge in [-0.05, 0) is 30.0 Å². The van der Waals surface area contributed by atoms with E-state index in [1.54, 1.807) is 7.11 Å². The maximum atomic E-state index is 11.5. The number of amides is 1. The molecule has 1 N–H and O–H groups in total. The topological polar surface area (TPSA) is 38.3 Å². The third-order valence-corrected chi connectivity index (χ3v) is 2.97. The molecule has 0 atom stereocenters. The van der Waals surface area contributed by atoms with Crippen LogP contribution in [-0.4, -0.2) is 19.6 Å². The molecule has 0 aromatic heterocycles. The second-order valence-corrected chi connectivity index (χ2v) is 4.70. The predicted octanol–water partition coefficient (Wildman–Crippen LogP) is 2.57. The summed E-state index contributed by atoms with van der Waals surface area (Å²) in [5.74, 6) is 1.03. The Balaban J connectivity index is 2.62. The number of carbonyl (C=O) groups is 1. The van der Waals surface area contributed by atoms with E-state index in [1.165, 1.54) is 5.56 Å². The maximum absolute atomic E-state index is 11.5. The molecule has 0 fully saturated rings. The normalized spacial score (nSPS) is 10.5. The molecule has 1 rings (SSSR count). The van der Waals surface area contributed by atoms with E-state index >= 15 is 0 Å². The molecule has 1 amide bonds. The van der Waals surface area contributed by atoms with Gasteiger partial charge < -0.3 is 10.1 Å². The van der Waals surface area contributed by atoms with E-state index in [0.29, 0.717) is 6.54 Å². The highest BCUT2D eigenvalue weighted by Gasteiger charge is 2.07. The van der Waals surface area contributed by atoms with Crippen LogP contribution in [0, 0.1) is 5.92 Å². The van der Waals surface area contributed by atoms with Crippen LogP contribution in [0.2, 0.25) is 0 Å². The Morgan fingerprint density at radius 1 is 1.39 bits per heavy atom. The van der Waals surface area contributed by atoms with Crippen molar-refractivity contribution in [2.24, 2.45) is 5.92 Å². The van der Waals surface area contributed by atoms with Crippen molar-refractivity contribution in [3.8, 4) is 5.75 Å². The summed E-state index contributed by atoms with van der Waals surface area (Å²) in [6.07, 6.45) is 1.81. The second kappa shape index (κ2) is 7.04. The standard InChI is InChI=1S/C15H23NO2/c1-5-12-6-7-14(18-4)13(10-12)8-9-16-15(17)11(2)3/h6-7,10-11H,5,8-9H2,1-4H3,(H,16,17). The molecular weight excluding hydrogens is 226 g/mol. The van der Waals surface area contributed by atoms with Crippen molar-refractivity contribution in [2.75, 3.05) is 13.7 Å². The summed E-state index contributed by atoms with van der Waals surface area (Å²) in [6.45, 7) is 6.58. The highest BCUT2D eigenvalue weighted by Crippen LogP contribution is 2.20. The Labute approximate surface area is 110 Å². The summed E-state index contributed by atoms with van der Waals surface area (Å²) in [7, 11) is 1.68. The fraction of sp³-hybridized carbons (Fsp3) is 0.533. The molecule has 100 valence electrons. The third kappa shape index (κ3) is 4.06. The monoisotopic (exact) mass is 249 g/mol. The highest BCUT2D eigenvalue weighted by atomic mass is 16.5. The van der Waals surface area contributed by atoms with Gasteiger partial charge in [0.15, 0.2) is 0 Å². The summed E-state index contributed by atoms with van der Waals surface area (Å²) in [4.78, 5) is 11.5. The Kier molecular flexibility index (Phi) is 5.69. The van der Waals surface area contributed by atoms with E-state index in [2.05, 4.69) is 24.4 Å². The van der Waals surface area contributed by atoms with Gasteiger partial charge >= 0.3 is 0 Å². The average molecular weight is 249 g/mol. The van der Waals surface area contributed by atoms with Crippen molar-refractivity contribution in [1.82, 2.24) is 5.32 Å². The van der Waals surface area contributed by atoms with Crippen LogP contribution in [-0.2, 0) is 17.6 Å². The number of benzene rings is 1. The van der Waals surface area contributed by atoms with Gasteiger partial charge in [-0.15, -0.1) is 0 Å². The van der Waals surface area contributed by atoms with Crippen molar-refractivity contribution in [2.45, 2.75) is 33.6 Å². The molecule has 0 unspecified atom stereocenters.